The molecule has 0 saturated carbocycles. The van der Waals surface area contributed by atoms with Gasteiger partial charge in [-0.25, -0.2) is 0 Å². The third-order valence-corrected chi connectivity index (χ3v) is 4.00. The summed E-state index contributed by atoms with van der Waals surface area (Å²) in [6.45, 7) is 4.08. The van der Waals surface area contributed by atoms with Gasteiger partial charge in [0.2, 0.25) is 0 Å². The molecule has 0 aromatic heterocycles. The van der Waals surface area contributed by atoms with Gasteiger partial charge in [-0.1, -0.05) is 26.0 Å². The zero-order valence-electron chi connectivity index (χ0n) is 12.1. The van der Waals surface area contributed by atoms with Crippen molar-refractivity contribution in [1.29, 1.82) is 0 Å². The maximum Gasteiger partial charge on any atom is 0.157 e. The van der Waals surface area contributed by atoms with E-state index in [-0.39, 0.29) is 34.8 Å². The second kappa shape index (κ2) is 5.95. The standard InChI is InChI=1S/C17H20O4/c1-3-13(12-5-7-15(19)17(21)9-12)10(2)11-4-6-14(18)16(20)8-11/h4-10,13,18-21H,3H2,1-2H3. The summed E-state index contributed by atoms with van der Waals surface area (Å²) >= 11 is 0. The van der Waals surface area contributed by atoms with E-state index in [4.69, 9.17) is 0 Å². The molecule has 4 heteroatoms. The fraction of sp³-hybridized carbons (Fsp3) is 0.294. The summed E-state index contributed by atoms with van der Waals surface area (Å²) in [6, 6.07) is 9.66. The van der Waals surface area contributed by atoms with Gasteiger partial charge in [0, 0.05) is 0 Å². The maximum atomic E-state index is 9.65. The maximum absolute atomic E-state index is 9.65. The summed E-state index contributed by atoms with van der Waals surface area (Å²) in [5, 5.41) is 38.1. The molecule has 0 aliphatic carbocycles. The molecule has 2 aromatic rings. The minimum Gasteiger partial charge on any atom is -0.504 e. The van der Waals surface area contributed by atoms with Crippen molar-refractivity contribution in [2.75, 3.05) is 0 Å². The Kier molecular flexibility index (Phi) is 4.26. The third kappa shape index (κ3) is 3.05. The zero-order valence-corrected chi connectivity index (χ0v) is 12.1. The van der Waals surface area contributed by atoms with Gasteiger partial charge in [-0.3, -0.25) is 0 Å². The highest BCUT2D eigenvalue weighted by Gasteiger charge is 2.21. The van der Waals surface area contributed by atoms with E-state index in [1.165, 1.54) is 12.1 Å². The number of rotatable bonds is 4. The molecule has 4 nitrogen and oxygen atoms in total. The van der Waals surface area contributed by atoms with Crippen molar-refractivity contribution in [3.05, 3.63) is 47.5 Å². The molecule has 2 rings (SSSR count). The molecule has 0 aliphatic rings. The van der Waals surface area contributed by atoms with Crippen LogP contribution in [0.4, 0.5) is 0 Å². The van der Waals surface area contributed by atoms with E-state index in [1.54, 1.807) is 24.3 Å². The van der Waals surface area contributed by atoms with Crippen molar-refractivity contribution in [3.63, 3.8) is 0 Å². The van der Waals surface area contributed by atoms with Gasteiger partial charge in [-0.15, -0.1) is 0 Å². The SMILES string of the molecule is CCC(c1ccc(O)c(O)c1)C(C)c1ccc(O)c(O)c1. The number of phenols is 4. The van der Waals surface area contributed by atoms with Crippen LogP contribution in [0.5, 0.6) is 23.0 Å². The summed E-state index contributed by atoms with van der Waals surface area (Å²) in [6.07, 6.45) is 0.840. The van der Waals surface area contributed by atoms with Gasteiger partial charge >= 0.3 is 0 Å². The lowest BCUT2D eigenvalue weighted by Gasteiger charge is -2.24. The first-order chi connectivity index (χ1) is 9.93. The van der Waals surface area contributed by atoms with Crippen LogP contribution in [0.1, 0.15) is 43.2 Å². The molecule has 4 N–H and O–H groups in total. The predicted octanol–water partition coefficient (Wildman–Crippen LogP) is 3.81. The summed E-state index contributed by atoms with van der Waals surface area (Å²) in [5.74, 6) is -0.329. The van der Waals surface area contributed by atoms with Crippen LogP contribution in [0.15, 0.2) is 36.4 Å². The van der Waals surface area contributed by atoms with Crippen LogP contribution < -0.4 is 0 Å². The van der Waals surface area contributed by atoms with E-state index in [2.05, 4.69) is 0 Å². The van der Waals surface area contributed by atoms with Gasteiger partial charge in [0.25, 0.3) is 0 Å². The highest BCUT2D eigenvalue weighted by Crippen LogP contribution is 2.40. The topological polar surface area (TPSA) is 80.9 Å². The normalized spacial score (nSPS) is 13.8. The molecule has 0 saturated heterocycles. The monoisotopic (exact) mass is 288 g/mol. The molecule has 0 fully saturated rings. The first-order valence-electron chi connectivity index (χ1n) is 6.97. The van der Waals surface area contributed by atoms with Crippen LogP contribution >= 0.6 is 0 Å². The molecule has 21 heavy (non-hydrogen) atoms. The van der Waals surface area contributed by atoms with E-state index in [0.29, 0.717) is 0 Å². The molecular weight excluding hydrogens is 268 g/mol. The van der Waals surface area contributed by atoms with Gasteiger partial charge < -0.3 is 20.4 Å². The molecule has 0 heterocycles. The minimum atomic E-state index is -0.138. The van der Waals surface area contributed by atoms with Crippen LogP contribution in [-0.4, -0.2) is 20.4 Å². The van der Waals surface area contributed by atoms with Gasteiger partial charge in [-0.05, 0) is 53.6 Å². The Balaban J connectivity index is 2.35. The van der Waals surface area contributed by atoms with Crippen molar-refractivity contribution in [2.45, 2.75) is 32.1 Å². The lowest BCUT2D eigenvalue weighted by atomic mass is 9.81. The highest BCUT2D eigenvalue weighted by atomic mass is 16.3. The van der Waals surface area contributed by atoms with E-state index in [9.17, 15) is 20.4 Å². The molecule has 2 aromatic carbocycles. The van der Waals surface area contributed by atoms with Crippen molar-refractivity contribution in [3.8, 4) is 23.0 Å². The number of aromatic hydroxyl groups is 4. The average molecular weight is 288 g/mol. The Morgan fingerprint density at radius 1 is 0.762 bits per heavy atom. The Morgan fingerprint density at radius 3 is 1.71 bits per heavy atom. The lowest BCUT2D eigenvalue weighted by Crippen LogP contribution is -2.07. The Hall–Kier alpha value is -2.36. The molecular formula is C17H20O4. The largest absolute Gasteiger partial charge is 0.504 e. The fourth-order valence-corrected chi connectivity index (χ4v) is 2.71. The average Bonchev–Trinajstić information content (AvgIpc) is 2.46. The van der Waals surface area contributed by atoms with Crippen molar-refractivity contribution in [2.24, 2.45) is 0 Å². The van der Waals surface area contributed by atoms with Crippen LogP contribution in [0.3, 0.4) is 0 Å². The molecule has 2 atom stereocenters. The molecule has 0 aliphatic heterocycles. The summed E-state index contributed by atoms with van der Waals surface area (Å²) in [7, 11) is 0. The fourth-order valence-electron chi connectivity index (χ4n) is 2.71. The van der Waals surface area contributed by atoms with E-state index >= 15 is 0 Å². The Bertz CT molecular complexity index is 637. The summed E-state index contributed by atoms with van der Waals surface area (Å²) < 4.78 is 0. The van der Waals surface area contributed by atoms with Crippen molar-refractivity contribution >= 4 is 0 Å². The number of hydrogen-bond acceptors (Lipinski definition) is 4. The van der Waals surface area contributed by atoms with E-state index in [1.807, 2.05) is 13.8 Å². The molecule has 0 spiro atoms. The van der Waals surface area contributed by atoms with Crippen LogP contribution in [0.25, 0.3) is 0 Å². The molecule has 0 radical (unpaired) electrons. The number of benzene rings is 2. The van der Waals surface area contributed by atoms with Crippen LogP contribution in [0.2, 0.25) is 0 Å². The molecule has 0 amide bonds. The Labute approximate surface area is 123 Å². The lowest BCUT2D eigenvalue weighted by molar-refractivity contribution is 0.400. The van der Waals surface area contributed by atoms with E-state index < -0.39 is 0 Å². The molecule has 0 bridgehead atoms. The van der Waals surface area contributed by atoms with Gasteiger partial charge in [0.1, 0.15) is 0 Å². The first kappa shape index (κ1) is 15.0. The second-order valence-corrected chi connectivity index (χ2v) is 5.30. The van der Waals surface area contributed by atoms with Crippen LogP contribution in [0, 0.1) is 0 Å². The molecule has 112 valence electrons. The zero-order chi connectivity index (χ0) is 15.6. The predicted molar refractivity (Wildman–Crippen MR) is 81.0 cm³/mol. The quantitative estimate of drug-likeness (QED) is 0.645. The van der Waals surface area contributed by atoms with Crippen molar-refractivity contribution in [1.82, 2.24) is 0 Å². The Morgan fingerprint density at radius 2 is 1.24 bits per heavy atom. The summed E-state index contributed by atoms with van der Waals surface area (Å²) in [4.78, 5) is 0. The number of hydrogen-bond donors (Lipinski definition) is 4. The van der Waals surface area contributed by atoms with E-state index in [0.717, 1.165) is 17.5 Å². The smallest absolute Gasteiger partial charge is 0.157 e. The summed E-state index contributed by atoms with van der Waals surface area (Å²) in [5.41, 5.74) is 1.83. The third-order valence-electron chi connectivity index (χ3n) is 4.00. The van der Waals surface area contributed by atoms with Crippen LogP contribution in [-0.2, 0) is 0 Å². The number of phenolic OH excluding ortho intramolecular Hbond substituents is 4. The highest BCUT2D eigenvalue weighted by molar-refractivity contribution is 5.45. The van der Waals surface area contributed by atoms with Crippen molar-refractivity contribution < 1.29 is 20.4 Å². The first-order valence-corrected chi connectivity index (χ1v) is 6.97. The second-order valence-electron chi connectivity index (χ2n) is 5.30. The van der Waals surface area contributed by atoms with Gasteiger partial charge in [0.05, 0.1) is 0 Å². The van der Waals surface area contributed by atoms with Gasteiger partial charge in [-0.2, -0.15) is 0 Å². The molecule has 2 unspecified atom stereocenters. The van der Waals surface area contributed by atoms with Gasteiger partial charge in [0.15, 0.2) is 23.0 Å². The minimum absolute atomic E-state index is 0.0884.